The lowest BCUT2D eigenvalue weighted by Gasteiger charge is -2.29. The monoisotopic (exact) mass is 297 g/mol. The summed E-state index contributed by atoms with van der Waals surface area (Å²) in [5.74, 6) is 1.94. The second-order valence-electron chi connectivity index (χ2n) is 6.15. The summed E-state index contributed by atoms with van der Waals surface area (Å²) < 4.78 is 0. The highest BCUT2D eigenvalue weighted by Crippen LogP contribution is 2.26. The quantitative estimate of drug-likeness (QED) is 0.943. The van der Waals surface area contributed by atoms with Crippen LogP contribution in [-0.2, 0) is 0 Å². The first kappa shape index (κ1) is 14.9. The van der Waals surface area contributed by atoms with Crippen LogP contribution < -0.4 is 5.32 Å². The Morgan fingerprint density at radius 3 is 2.64 bits per heavy atom. The van der Waals surface area contributed by atoms with Crippen LogP contribution in [0.5, 0.6) is 0 Å². The number of nitrogens with zero attached hydrogens (tertiary/aromatic N) is 4. The van der Waals surface area contributed by atoms with E-state index in [0.29, 0.717) is 11.9 Å². The van der Waals surface area contributed by atoms with E-state index in [1.165, 1.54) is 19.4 Å². The highest BCUT2D eigenvalue weighted by Gasteiger charge is 2.20. The Balaban J connectivity index is 1.78. The molecule has 0 saturated carbocycles. The van der Waals surface area contributed by atoms with Gasteiger partial charge in [0.25, 0.3) is 0 Å². The minimum Gasteiger partial charge on any atom is -0.309 e. The number of anilines is 2. The van der Waals surface area contributed by atoms with Gasteiger partial charge in [-0.25, -0.2) is 15.0 Å². The summed E-state index contributed by atoms with van der Waals surface area (Å²) in [5.41, 5.74) is 3.07. The predicted octanol–water partition coefficient (Wildman–Crippen LogP) is 3.04. The molecule has 3 rings (SSSR count). The van der Waals surface area contributed by atoms with Crippen molar-refractivity contribution in [2.75, 3.05) is 25.5 Å². The van der Waals surface area contributed by atoms with Crippen molar-refractivity contribution in [3.8, 4) is 0 Å². The fraction of sp³-hybridized carbons (Fsp3) is 0.471. The first-order valence-corrected chi connectivity index (χ1v) is 7.85. The van der Waals surface area contributed by atoms with Crippen LogP contribution in [0.4, 0.5) is 11.8 Å². The number of nitrogens with one attached hydrogen (secondary N) is 1. The zero-order valence-corrected chi connectivity index (χ0v) is 13.5. The molecule has 0 aromatic carbocycles. The van der Waals surface area contributed by atoms with Crippen molar-refractivity contribution in [1.29, 1.82) is 0 Å². The number of rotatable bonds is 3. The highest BCUT2D eigenvalue weighted by molar-refractivity contribution is 5.48. The second-order valence-corrected chi connectivity index (χ2v) is 6.15. The van der Waals surface area contributed by atoms with Crippen LogP contribution in [0.15, 0.2) is 24.3 Å². The summed E-state index contributed by atoms with van der Waals surface area (Å²) in [4.78, 5) is 16.0. The zero-order chi connectivity index (χ0) is 15.5. The summed E-state index contributed by atoms with van der Waals surface area (Å²) in [5, 5.41) is 3.23. The largest absolute Gasteiger partial charge is 0.309 e. The van der Waals surface area contributed by atoms with Gasteiger partial charge in [-0.15, -0.1) is 0 Å². The Bertz CT molecular complexity index is 635. The Morgan fingerprint density at radius 2 is 1.91 bits per heavy atom. The van der Waals surface area contributed by atoms with Gasteiger partial charge in [0.15, 0.2) is 0 Å². The number of hydrogen-bond donors (Lipinski definition) is 1. The van der Waals surface area contributed by atoms with Gasteiger partial charge >= 0.3 is 0 Å². The van der Waals surface area contributed by atoms with Crippen molar-refractivity contribution >= 4 is 11.8 Å². The highest BCUT2D eigenvalue weighted by atomic mass is 15.1. The third-order valence-electron chi connectivity index (χ3n) is 4.04. The molecular weight excluding hydrogens is 274 g/mol. The van der Waals surface area contributed by atoms with E-state index in [1.54, 1.807) is 0 Å². The molecule has 1 saturated heterocycles. The van der Waals surface area contributed by atoms with Crippen LogP contribution in [0.2, 0.25) is 0 Å². The van der Waals surface area contributed by atoms with E-state index in [0.717, 1.165) is 29.4 Å². The van der Waals surface area contributed by atoms with Gasteiger partial charge in [-0.2, -0.15) is 0 Å². The fourth-order valence-corrected chi connectivity index (χ4v) is 3.05. The van der Waals surface area contributed by atoms with Gasteiger partial charge < -0.3 is 10.2 Å². The smallest absolute Gasteiger partial charge is 0.228 e. The third-order valence-corrected chi connectivity index (χ3v) is 4.04. The van der Waals surface area contributed by atoms with Crippen molar-refractivity contribution in [1.82, 2.24) is 19.9 Å². The molecule has 0 amide bonds. The molecule has 0 radical (unpaired) electrons. The molecule has 1 aliphatic rings. The lowest BCUT2D eigenvalue weighted by atomic mass is 9.95. The summed E-state index contributed by atoms with van der Waals surface area (Å²) in [6.07, 6.45) is 2.45. The van der Waals surface area contributed by atoms with Crippen molar-refractivity contribution in [2.24, 2.45) is 0 Å². The topological polar surface area (TPSA) is 53.9 Å². The minimum atomic E-state index is 0.515. The standard InChI is InChI=1S/C17H23N5/c1-12-10-13(2)19-17(18-12)21-16-8-4-7-15(20-16)14-6-5-9-22(3)11-14/h4,7-8,10,14H,5-6,9,11H2,1-3H3,(H,18,19,20,21)/t14-/m0/s1. The van der Waals surface area contributed by atoms with Crippen LogP contribution in [0.25, 0.3) is 0 Å². The number of aryl methyl sites for hydroxylation is 2. The minimum absolute atomic E-state index is 0.515. The molecule has 0 unspecified atom stereocenters. The molecule has 1 atom stereocenters. The molecule has 116 valence electrons. The fourth-order valence-electron chi connectivity index (χ4n) is 3.05. The predicted molar refractivity (Wildman–Crippen MR) is 88.5 cm³/mol. The number of pyridine rings is 1. The Morgan fingerprint density at radius 1 is 1.14 bits per heavy atom. The van der Waals surface area contributed by atoms with E-state index in [4.69, 9.17) is 4.98 Å². The maximum Gasteiger partial charge on any atom is 0.228 e. The lowest BCUT2D eigenvalue weighted by molar-refractivity contribution is 0.248. The van der Waals surface area contributed by atoms with E-state index < -0.39 is 0 Å². The molecule has 0 bridgehead atoms. The molecule has 2 aromatic heterocycles. The first-order chi connectivity index (χ1) is 10.6. The Labute approximate surface area is 131 Å². The first-order valence-electron chi connectivity index (χ1n) is 7.85. The number of piperidine rings is 1. The van der Waals surface area contributed by atoms with Crippen LogP contribution >= 0.6 is 0 Å². The molecule has 1 N–H and O–H groups in total. The molecular formula is C17H23N5. The van der Waals surface area contributed by atoms with Crippen LogP contribution in [-0.4, -0.2) is 40.0 Å². The van der Waals surface area contributed by atoms with E-state index >= 15 is 0 Å². The van der Waals surface area contributed by atoms with Gasteiger partial charge in [-0.3, -0.25) is 0 Å². The van der Waals surface area contributed by atoms with Crippen molar-refractivity contribution < 1.29 is 0 Å². The average molecular weight is 297 g/mol. The number of likely N-dealkylation sites (tertiary alicyclic amines) is 1. The van der Waals surface area contributed by atoms with Crippen molar-refractivity contribution in [3.05, 3.63) is 41.3 Å². The van der Waals surface area contributed by atoms with Gasteiger partial charge in [0.1, 0.15) is 5.82 Å². The summed E-state index contributed by atoms with van der Waals surface area (Å²) in [6, 6.07) is 8.11. The normalized spacial score (nSPS) is 19.1. The van der Waals surface area contributed by atoms with E-state index in [1.807, 2.05) is 26.0 Å². The lowest BCUT2D eigenvalue weighted by Crippen LogP contribution is -2.31. The Hall–Kier alpha value is -2.01. The van der Waals surface area contributed by atoms with Crippen LogP contribution in [0.3, 0.4) is 0 Å². The molecule has 2 aromatic rings. The third kappa shape index (κ3) is 3.60. The molecule has 3 heterocycles. The number of aromatic nitrogens is 3. The van der Waals surface area contributed by atoms with Gasteiger partial charge in [-0.1, -0.05) is 6.07 Å². The molecule has 1 aliphatic heterocycles. The maximum absolute atomic E-state index is 4.77. The van der Waals surface area contributed by atoms with Gasteiger partial charge in [-0.05, 0) is 58.5 Å². The molecule has 0 spiro atoms. The maximum atomic E-state index is 4.77. The number of likely N-dealkylation sites (N-methyl/N-ethyl adjacent to an activating group) is 1. The van der Waals surface area contributed by atoms with Crippen LogP contribution in [0, 0.1) is 13.8 Å². The van der Waals surface area contributed by atoms with E-state index in [2.05, 4.69) is 39.4 Å². The van der Waals surface area contributed by atoms with Gasteiger partial charge in [0.2, 0.25) is 5.95 Å². The molecule has 0 aliphatic carbocycles. The van der Waals surface area contributed by atoms with Gasteiger partial charge in [0.05, 0.1) is 0 Å². The van der Waals surface area contributed by atoms with Crippen molar-refractivity contribution in [3.63, 3.8) is 0 Å². The zero-order valence-electron chi connectivity index (χ0n) is 13.5. The van der Waals surface area contributed by atoms with Crippen LogP contribution in [0.1, 0.15) is 35.8 Å². The SMILES string of the molecule is Cc1cc(C)nc(Nc2cccc([C@H]3CCCN(C)C3)n2)n1. The van der Waals surface area contributed by atoms with Crippen molar-refractivity contribution in [2.45, 2.75) is 32.6 Å². The Kier molecular flexibility index (Phi) is 4.34. The molecule has 22 heavy (non-hydrogen) atoms. The average Bonchev–Trinajstić information content (AvgIpc) is 2.46. The van der Waals surface area contributed by atoms with Gasteiger partial charge in [0, 0.05) is 29.5 Å². The summed E-state index contributed by atoms with van der Waals surface area (Å²) in [7, 11) is 2.18. The summed E-state index contributed by atoms with van der Waals surface area (Å²) in [6.45, 7) is 6.21. The molecule has 1 fully saturated rings. The molecule has 5 heteroatoms. The van der Waals surface area contributed by atoms with E-state index in [-0.39, 0.29) is 0 Å². The van der Waals surface area contributed by atoms with E-state index in [9.17, 15) is 0 Å². The summed E-state index contributed by atoms with van der Waals surface area (Å²) >= 11 is 0. The second kappa shape index (κ2) is 6.40. The number of hydrogen-bond acceptors (Lipinski definition) is 5. The molecule has 5 nitrogen and oxygen atoms in total.